The average Bonchev–Trinajstić information content (AvgIpc) is 1.35. The molecule has 0 spiro atoms. The first-order valence-electron chi connectivity index (χ1n) is 1.14. The van der Waals surface area contributed by atoms with E-state index in [0.29, 0.717) is 0 Å². The summed E-state index contributed by atoms with van der Waals surface area (Å²) in [5.41, 5.74) is 0. The zero-order valence-corrected chi connectivity index (χ0v) is 7.32. The van der Waals surface area contributed by atoms with Gasteiger partial charge in [-0.2, -0.15) is 0 Å². The van der Waals surface area contributed by atoms with Crippen molar-refractivity contribution in [2.24, 2.45) is 0 Å². The molecule has 6 heavy (non-hydrogen) atoms. The van der Waals surface area contributed by atoms with Gasteiger partial charge in [0.05, 0.1) is 0 Å². The summed E-state index contributed by atoms with van der Waals surface area (Å²) >= 11 is 0.137. The molecule has 0 N–H and O–H groups in total. The summed E-state index contributed by atoms with van der Waals surface area (Å²) in [4.78, 5) is 0. The summed E-state index contributed by atoms with van der Waals surface area (Å²) in [5.74, 6) is 0. The Bertz CT molecular complexity index is 113. The van der Waals surface area contributed by atoms with Crippen LogP contribution < -0.4 is 0 Å². The SMILES string of the molecule is CO[S](=O)(=O)[SnH]. The molecule has 0 heterocycles. The van der Waals surface area contributed by atoms with E-state index in [1.54, 1.807) is 0 Å². The van der Waals surface area contributed by atoms with Gasteiger partial charge < -0.3 is 0 Å². The van der Waals surface area contributed by atoms with Crippen LogP contribution in [0.2, 0.25) is 0 Å². The minimum absolute atomic E-state index is 0.137. The Labute approximate surface area is 48.3 Å². The molecule has 2 radical (unpaired) electrons. The van der Waals surface area contributed by atoms with Gasteiger partial charge in [0.1, 0.15) is 0 Å². The van der Waals surface area contributed by atoms with Crippen LogP contribution in [0.5, 0.6) is 0 Å². The number of rotatable bonds is 1. The molecule has 0 atom stereocenters. The summed E-state index contributed by atoms with van der Waals surface area (Å²) in [5, 5.41) is 0. The van der Waals surface area contributed by atoms with E-state index in [-0.39, 0.29) is 21.1 Å². The van der Waals surface area contributed by atoms with Crippen LogP contribution in [0.25, 0.3) is 0 Å². The first-order valence-corrected chi connectivity index (χ1v) is 6.65. The average molecular weight is 215 g/mol. The summed E-state index contributed by atoms with van der Waals surface area (Å²) in [6.07, 6.45) is 0. The van der Waals surface area contributed by atoms with Crippen molar-refractivity contribution in [3.8, 4) is 0 Å². The third-order valence-corrected chi connectivity index (χ3v) is 2.34. The maximum atomic E-state index is 9.84. The molecule has 0 saturated carbocycles. The van der Waals surface area contributed by atoms with E-state index in [0.717, 1.165) is 7.11 Å². The molecule has 0 aromatic heterocycles. The Morgan fingerprint density at radius 1 is 1.67 bits per heavy atom. The number of hydrogen-bond acceptors (Lipinski definition) is 3. The van der Waals surface area contributed by atoms with Crippen LogP contribution in [-0.2, 0) is 11.5 Å². The van der Waals surface area contributed by atoms with Gasteiger partial charge in [0, 0.05) is 0 Å². The fourth-order valence-electron chi connectivity index (χ4n) is 0. The van der Waals surface area contributed by atoms with Crippen molar-refractivity contribution in [3.63, 3.8) is 0 Å². The van der Waals surface area contributed by atoms with Gasteiger partial charge in [0.15, 0.2) is 0 Å². The molecule has 0 bridgehead atoms. The van der Waals surface area contributed by atoms with Crippen molar-refractivity contribution < 1.29 is 12.6 Å². The Balaban J connectivity index is 3.85. The minimum atomic E-state index is -3.03. The Morgan fingerprint density at radius 2 is 1.83 bits per heavy atom. The zero-order valence-electron chi connectivity index (χ0n) is 3.21. The molecular weight excluding hydrogens is 211 g/mol. The molecular formula is CH4O3SSn. The fourth-order valence-corrected chi connectivity index (χ4v) is 0. The van der Waals surface area contributed by atoms with Crippen LogP contribution in [0.15, 0.2) is 0 Å². The van der Waals surface area contributed by atoms with Gasteiger partial charge in [-0.25, -0.2) is 0 Å². The van der Waals surface area contributed by atoms with E-state index in [4.69, 9.17) is 0 Å². The standard InChI is InChI=1S/CH3O3S.Sn.H/c1-4-5(2)3;;/h1H3;;. The molecule has 0 aliphatic rings. The van der Waals surface area contributed by atoms with Gasteiger partial charge in [-0.15, -0.1) is 0 Å². The molecule has 3 nitrogen and oxygen atoms in total. The molecule has 0 aromatic carbocycles. The van der Waals surface area contributed by atoms with Crippen molar-refractivity contribution in [1.82, 2.24) is 0 Å². The first kappa shape index (κ1) is 6.71. The first-order chi connectivity index (χ1) is 2.56. The Morgan fingerprint density at radius 3 is 1.83 bits per heavy atom. The third kappa shape index (κ3) is 4.71. The second-order valence-corrected chi connectivity index (χ2v) is 6.92. The van der Waals surface area contributed by atoms with Crippen LogP contribution in [0.3, 0.4) is 0 Å². The molecule has 5 heteroatoms. The van der Waals surface area contributed by atoms with Crippen molar-refractivity contribution in [2.75, 3.05) is 7.11 Å². The number of hydrogen-bond donors (Lipinski definition) is 0. The van der Waals surface area contributed by atoms with Gasteiger partial charge in [0.2, 0.25) is 0 Å². The van der Waals surface area contributed by atoms with Gasteiger partial charge in [0.25, 0.3) is 0 Å². The fraction of sp³-hybridized carbons (Fsp3) is 1.00. The summed E-state index contributed by atoms with van der Waals surface area (Å²) < 4.78 is 23.6. The third-order valence-electron chi connectivity index (χ3n) is 0.232. The molecule has 36 valence electrons. The van der Waals surface area contributed by atoms with Gasteiger partial charge in [-0.05, 0) is 0 Å². The normalized spacial score (nSPS) is 11.7. The van der Waals surface area contributed by atoms with Gasteiger partial charge in [-0.1, -0.05) is 0 Å². The van der Waals surface area contributed by atoms with Crippen LogP contribution in [0.1, 0.15) is 0 Å². The van der Waals surface area contributed by atoms with Crippen LogP contribution in [0, 0.1) is 0 Å². The van der Waals surface area contributed by atoms with E-state index in [2.05, 4.69) is 4.18 Å². The van der Waals surface area contributed by atoms with Crippen molar-refractivity contribution in [1.29, 1.82) is 0 Å². The summed E-state index contributed by atoms with van der Waals surface area (Å²) in [7, 11) is -1.88. The predicted molar refractivity (Wildman–Crippen MR) is 23.1 cm³/mol. The Hall–Kier alpha value is 0.709. The maximum absolute atomic E-state index is 9.84. The zero-order chi connectivity index (χ0) is 5.21. The predicted octanol–water partition coefficient (Wildman–Crippen LogP) is -1.22. The molecule has 0 aromatic rings. The van der Waals surface area contributed by atoms with E-state index in [1.807, 2.05) is 0 Å². The van der Waals surface area contributed by atoms with E-state index in [9.17, 15) is 8.42 Å². The second kappa shape index (κ2) is 2.13. The summed E-state index contributed by atoms with van der Waals surface area (Å²) in [6, 6.07) is 0. The van der Waals surface area contributed by atoms with Gasteiger partial charge >= 0.3 is 48.2 Å². The molecule has 0 aliphatic carbocycles. The topological polar surface area (TPSA) is 43.4 Å². The molecule has 0 amide bonds. The monoisotopic (exact) mass is 216 g/mol. The van der Waals surface area contributed by atoms with Crippen molar-refractivity contribution in [2.45, 2.75) is 0 Å². The van der Waals surface area contributed by atoms with Crippen molar-refractivity contribution >= 4 is 28.4 Å². The van der Waals surface area contributed by atoms with Crippen molar-refractivity contribution in [3.05, 3.63) is 0 Å². The molecule has 0 unspecified atom stereocenters. The second-order valence-electron chi connectivity index (χ2n) is 0.659. The molecule has 0 saturated heterocycles. The van der Waals surface area contributed by atoms with Crippen LogP contribution in [0.4, 0.5) is 0 Å². The van der Waals surface area contributed by atoms with Gasteiger partial charge in [-0.3, -0.25) is 0 Å². The van der Waals surface area contributed by atoms with E-state index in [1.165, 1.54) is 0 Å². The summed E-state index contributed by atoms with van der Waals surface area (Å²) in [6.45, 7) is 0. The van der Waals surface area contributed by atoms with E-state index >= 15 is 0 Å². The van der Waals surface area contributed by atoms with Crippen LogP contribution >= 0.6 is 0 Å². The molecule has 0 rings (SSSR count). The quantitative estimate of drug-likeness (QED) is 0.514. The Kier molecular flexibility index (Phi) is 2.38. The molecule has 0 aliphatic heterocycles. The van der Waals surface area contributed by atoms with E-state index < -0.39 is 7.30 Å². The van der Waals surface area contributed by atoms with Crippen LogP contribution in [-0.4, -0.2) is 36.7 Å². The molecule has 0 fully saturated rings.